The smallest absolute Gasteiger partial charge is 0.328 e. The third-order valence-corrected chi connectivity index (χ3v) is 9.56. The lowest BCUT2D eigenvalue weighted by Gasteiger charge is -2.25. The number of hydrogen-bond donors (Lipinski definition) is 1. The highest BCUT2D eigenvalue weighted by atomic mass is 32.1. The van der Waals surface area contributed by atoms with E-state index in [0.717, 1.165) is 50.3 Å². The number of benzene rings is 5. The fraction of sp³-hybridized carbons (Fsp3) is 0.0811. The molecule has 2 aromatic heterocycles. The van der Waals surface area contributed by atoms with Gasteiger partial charge >= 0.3 is 5.69 Å². The summed E-state index contributed by atoms with van der Waals surface area (Å²) in [4.78, 5) is 17.7. The maximum absolute atomic E-state index is 12.5. The number of imidazole rings is 1. The van der Waals surface area contributed by atoms with Gasteiger partial charge in [-0.15, -0.1) is 11.3 Å². The van der Waals surface area contributed by atoms with Crippen LogP contribution in [0.15, 0.2) is 131 Å². The molecule has 43 heavy (non-hydrogen) atoms. The van der Waals surface area contributed by atoms with E-state index in [1.165, 1.54) is 20.2 Å². The zero-order chi connectivity index (χ0) is 29.1. The minimum atomic E-state index is -0.218. The van der Waals surface area contributed by atoms with Crippen LogP contribution in [0.2, 0.25) is 0 Å². The summed E-state index contributed by atoms with van der Waals surface area (Å²) in [6.45, 7) is 0. The van der Waals surface area contributed by atoms with E-state index >= 15 is 0 Å². The number of aromatic nitrogens is 2. The van der Waals surface area contributed by atoms with Gasteiger partial charge in [-0.05, 0) is 64.7 Å². The molecule has 0 bridgehead atoms. The molecular formula is C37H28N4OS. The lowest BCUT2D eigenvalue weighted by molar-refractivity contribution is 0.664. The topological polar surface area (TPSA) is 51.3 Å². The number of aliphatic imine (C=N–C) groups is 1. The maximum atomic E-state index is 12.5. The first-order valence-electron chi connectivity index (χ1n) is 14.3. The van der Waals surface area contributed by atoms with E-state index in [4.69, 9.17) is 4.99 Å². The second-order valence-corrected chi connectivity index (χ2v) is 12.1. The molecule has 6 heteroatoms. The summed E-state index contributed by atoms with van der Waals surface area (Å²) in [6, 6.07) is 40.4. The van der Waals surface area contributed by atoms with Gasteiger partial charge in [0.2, 0.25) is 0 Å². The quantitative estimate of drug-likeness (QED) is 0.231. The Balaban J connectivity index is 1.24. The summed E-state index contributed by atoms with van der Waals surface area (Å²) < 4.78 is 5.98. The van der Waals surface area contributed by atoms with Crippen molar-refractivity contribution in [3.8, 4) is 11.1 Å². The molecule has 0 aliphatic carbocycles. The molecule has 7 aromatic rings. The molecule has 208 valence electrons. The Morgan fingerprint density at radius 1 is 0.651 bits per heavy atom. The molecule has 0 radical (unpaired) electrons. The van der Waals surface area contributed by atoms with Gasteiger partial charge in [-0.2, -0.15) is 0 Å². The van der Waals surface area contributed by atoms with Crippen molar-refractivity contribution in [1.29, 1.82) is 0 Å². The third kappa shape index (κ3) is 4.30. The first-order valence-corrected chi connectivity index (χ1v) is 15.1. The van der Waals surface area contributed by atoms with Gasteiger partial charge in [0.1, 0.15) is 6.17 Å². The number of nitrogens with one attached hydrogen (secondary N) is 1. The molecule has 1 unspecified atom stereocenters. The summed E-state index contributed by atoms with van der Waals surface area (Å²) in [5.41, 5.74) is 9.20. The number of hydrogen-bond acceptors (Lipinski definition) is 4. The average Bonchev–Trinajstić information content (AvgIpc) is 3.54. The molecule has 3 heterocycles. The van der Waals surface area contributed by atoms with Crippen LogP contribution in [0, 0.1) is 0 Å². The summed E-state index contributed by atoms with van der Waals surface area (Å²) in [5, 5.41) is 6.27. The lowest BCUT2D eigenvalue weighted by atomic mass is 9.97. The fourth-order valence-corrected chi connectivity index (χ4v) is 7.18. The third-order valence-electron chi connectivity index (χ3n) is 8.41. The lowest BCUT2D eigenvalue weighted by Crippen LogP contribution is -2.24. The SMILES string of the molecule is Cn1c(=O)n(C)c2cc(-c3cccc(C4=NC(c5ccccc5)NC(c5ccc6sc7ccccc7c6c5)=C4)c3)ccc21. The molecule has 8 rings (SSSR count). The van der Waals surface area contributed by atoms with Crippen LogP contribution in [-0.2, 0) is 14.1 Å². The Bertz CT molecular complexity index is 2320. The van der Waals surface area contributed by atoms with Crippen LogP contribution in [0.3, 0.4) is 0 Å². The number of thiophene rings is 1. The predicted molar refractivity (Wildman–Crippen MR) is 180 cm³/mol. The first kappa shape index (κ1) is 25.5. The molecule has 0 spiro atoms. The molecule has 0 amide bonds. The van der Waals surface area contributed by atoms with Crippen LogP contribution in [-0.4, -0.2) is 14.8 Å². The summed E-state index contributed by atoms with van der Waals surface area (Å²) >= 11 is 1.83. The van der Waals surface area contributed by atoms with Gasteiger partial charge in [-0.1, -0.05) is 78.9 Å². The van der Waals surface area contributed by atoms with E-state index < -0.39 is 0 Å². The van der Waals surface area contributed by atoms with E-state index in [1.807, 2.05) is 37.6 Å². The fourth-order valence-electron chi connectivity index (χ4n) is 6.09. The molecule has 1 aliphatic heterocycles. The molecule has 5 aromatic carbocycles. The van der Waals surface area contributed by atoms with E-state index in [-0.39, 0.29) is 11.9 Å². The van der Waals surface area contributed by atoms with Crippen LogP contribution < -0.4 is 11.0 Å². The summed E-state index contributed by atoms with van der Waals surface area (Å²) in [5.74, 6) is 0. The zero-order valence-electron chi connectivity index (χ0n) is 23.8. The normalized spacial score (nSPS) is 15.1. The minimum absolute atomic E-state index is 0.0248. The molecule has 1 atom stereocenters. The first-order chi connectivity index (χ1) is 21.0. The summed E-state index contributed by atoms with van der Waals surface area (Å²) in [6.07, 6.45) is 1.95. The molecule has 1 aliphatic rings. The van der Waals surface area contributed by atoms with Crippen molar-refractivity contribution >= 4 is 54.0 Å². The molecule has 5 nitrogen and oxygen atoms in total. The Hall–Kier alpha value is -5.20. The van der Waals surface area contributed by atoms with Crippen LogP contribution in [0.5, 0.6) is 0 Å². The highest BCUT2D eigenvalue weighted by molar-refractivity contribution is 7.25. The van der Waals surface area contributed by atoms with Gasteiger partial charge in [0.05, 0.1) is 16.7 Å². The largest absolute Gasteiger partial charge is 0.360 e. The van der Waals surface area contributed by atoms with E-state index in [1.54, 1.807) is 9.13 Å². The van der Waals surface area contributed by atoms with Gasteiger partial charge < -0.3 is 5.32 Å². The number of allylic oxidation sites excluding steroid dienone is 1. The molecule has 0 saturated heterocycles. The summed E-state index contributed by atoms with van der Waals surface area (Å²) in [7, 11) is 3.63. The van der Waals surface area contributed by atoms with E-state index in [9.17, 15) is 4.79 Å². The van der Waals surface area contributed by atoms with Crippen LogP contribution >= 0.6 is 11.3 Å². The Morgan fingerprint density at radius 2 is 1.37 bits per heavy atom. The van der Waals surface area contributed by atoms with Crippen molar-refractivity contribution < 1.29 is 0 Å². The average molecular weight is 577 g/mol. The Labute approximate surface area is 252 Å². The highest BCUT2D eigenvalue weighted by Crippen LogP contribution is 2.36. The van der Waals surface area contributed by atoms with Crippen LogP contribution in [0.4, 0.5) is 0 Å². The molecule has 0 fully saturated rings. The second kappa shape index (κ2) is 9.96. The Kier molecular flexibility index (Phi) is 5.91. The monoisotopic (exact) mass is 576 g/mol. The van der Waals surface area contributed by atoms with E-state index in [0.29, 0.717) is 0 Å². The van der Waals surface area contributed by atoms with E-state index in [2.05, 4.69) is 115 Å². The predicted octanol–water partition coefficient (Wildman–Crippen LogP) is 8.04. The van der Waals surface area contributed by atoms with Gasteiger partial charge in [-0.3, -0.25) is 14.1 Å². The van der Waals surface area contributed by atoms with Crippen LogP contribution in [0.25, 0.3) is 48.0 Å². The van der Waals surface area contributed by atoms with Crippen molar-refractivity contribution in [2.75, 3.05) is 0 Å². The standard InChI is InChI=1S/C37H28N4OS/c1-40-32-17-15-25(21-33(32)41(2)37(40)42)24-11-8-12-26(19-24)30-22-31(39-36(38-30)23-9-4-3-5-10-23)27-16-18-35-29(20-27)28-13-6-7-14-34(28)43-35/h3-22,36,39H,1-2H3. The van der Waals surface area contributed by atoms with Crippen LogP contribution in [0.1, 0.15) is 22.9 Å². The highest BCUT2D eigenvalue weighted by Gasteiger charge is 2.20. The molecule has 1 N–H and O–H groups in total. The molecular weight excluding hydrogens is 549 g/mol. The van der Waals surface area contributed by atoms with Crippen molar-refractivity contribution in [2.24, 2.45) is 19.1 Å². The number of rotatable bonds is 4. The Morgan fingerprint density at radius 3 is 2.26 bits per heavy atom. The number of aryl methyl sites for hydroxylation is 2. The van der Waals surface area contributed by atoms with Crippen molar-refractivity contribution in [1.82, 2.24) is 14.5 Å². The van der Waals surface area contributed by atoms with Crippen molar-refractivity contribution in [3.05, 3.63) is 149 Å². The van der Waals surface area contributed by atoms with Gasteiger partial charge in [0.15, 0.2) is 0 Å². The zero-order valence-corrected chi connectivity index (χ0v) is 24.6. The van der Waals surface area contributed by atoms with Gasteiger partial charge in [-0.25, -0.2) is 4.79 Å². The van der Waals surface area contributed by atoms with Crippen molar-refractivity contribution in [3.63, 3.8) is 0 Å². The molecule has 0 saturated carbocycles. The second-order valence-electron chi connectivity index (χ2n) is 11.0. The van der Waals surface area contributed by atoms with Crippen molar-refractivity contribution in [2.45, 2.75) is 6.17 Å². The van der Waals surface area contributed by atoms with Gasteiger partial charge in [0, 0.05) is 45.5 Å². The number of nitrogens with zero attached hydrogens (tertiary/aromatic N) is 3. The maximum Gasteiger partial charge on any atom is 0.328 e. The number of fused-ring (bicyclic) bond motifs is 4. The van der Waals surface area contributed by atoms with Gasteiger partial charge in [0.25, 0.3) is 0 Å². The minimum Gasteiger partial charge on any atom is -0.360 e.